The van der Waals surface area contributed by atoms with E-state index in [1.807, 2.05) is 12.1 Å². The Balaban J connectivity index is 2.03. The largest absolute Gasteiger partial charge is 0.396 e. The molecule has 0 radical (unpaired) electrons. The van der Waals surface area contributed by atoms with Gasteiger partial charge in [0.2, 0.25) is 0 Å². The lowest BCUT2D eigenvalue weighted by Gasteiger charge is -2.08. The molecule has 0 aliphatic heterocycles. The lowest BCUT2D eigenvalue weighted by molar-refractivity contribution is 0.523. The highest BCUT2D eigenvalue weighted by atomic mass is 15.0. The summed E-state index contributed by atoms with van der Waals surface area (Å²) < 4.78 is 0. The third kappa shape index (κ3) is 6.15. The minimum atomic E-state index is 0.729. The number of nitrogen functional groups attached to an aromatic ring is 1. The number of nitrogens with two attached hydrogens (primary N) is 1. The number of aromatic nitrogens is 1. The summed E-state index contributed by atoms with van der Waals surface area (Å²) in [5.74, 6) is 1.65. The number of hydrogen-bond donors (Lipinski definition) is 2. The van der Waals surface area contributed by atoms with Gasteiger partial charge in [-0.05, 0) is 24.5 Å². The summed E-state index contributed by atoms with van der Waals surface area (Å²) in [6.07, 6.45) is 8.27. The van der Waals surface area contributed by atoms with Crippen molar-refractivity contribution in [1.82, 2.24) is 4.98 Å². The zero-order valence-corrected chi connectivity index (χ0v) is 11.1. The number of pyridine rings is 1. The summed E-state index contributed by atoms with van der Waals surface area (Å²) in [4.78, 5) is 4.20. The first kappa shape index (κ1) is 13.8. The van der Waals surface area contributed by atoms with Crippen LogP contribution in [-0.2, 0) is 0 Å². The van der Waals surface area contributed by atoms with E-state index in [2.05, 4.69) is 24.1 Å². The highest BCUT2D eigenvalue weighted by Crippen LogP contribution is 2.13. The predicted molar refractivity (Wildman–Crippen MR) is 75.1 cm³/mol. The van der Waals surface area contributed by atoms with Crippen molar-refractivity contribution >= 4 is 11.5 Å². The summed E-state index contributed by atoms with van der Waals surface area (Å²) in [5.41, 5.74) is 6.52. The molecule has 3 nitrogen and oxygen atoms in total. The Morgan fingerprint density at radius 2 is 2.00 bits per heavy atom. The van der Waals surface area contributed by atoms with E-state index in [9.17, 15) is 0 Å². The normalized spacial score (nSPS) is 10.8. The molecule has 0 saturated carbocycles. The molecule has 0 unspecified atom stereocenters. The number of unbranched alkanes of at least 4 members (excludes halogenated alkanes) is 3. The number of anilines is 2. The van der Waals surface area contributed by atoms with Gasteiger partial charge in [0.15, 0.2) is 0 Å². The minimum Gasteiger partial charge on any atom is -0.396 e. The Kier molecular flexibility index (Phi) is 6.45. The summed E-state index contributed by atoms with van der Waals surface area (Å²) >= 11 is 0. The molecule has 0 bridgehead atoms. The van der Waals surface area contributed by atoms with Gasteiger partial charge in [-0.3, -0.25) is 0 Å². The molecule has 0 spiro atoms. The van der Waals surface area contributed by atoms with Crippen molar-refractivity contribution in [2.75, 3.05) is 17.6 Å². The van der Waals surface area contributed by atoms with Crippen LogP contribution in [0.4, 0.5) is 11.5 Å². The Hall–Kier alpha value is -1.25. The zero-order valence-electron chi connectivity index (χ0n) is 11.1. The molecule has 0 aliphatic carbocycles. The van der Waals surface area contributed by atoms with Crippen molar-refractivity contribution in [3.63, 3.8) is 0 Å². The minimum absolute atomic E-state index is 0.729. The maximum Gasteiger partial charge on any atom is 0.149 e. The molecule has 1 aromatic heterocycles. The van der Waals surface area contributed by atoms with Crippen LogP contribution >= 0.6 is 0 Å². The highest BCUT2D eigenvalue weighted by molar-refractivity contribution is 5.60. The Morgan fingerprint density at radius 3 is 2.71 bits per heavy atom. The van der Waals surface area contributed by atoms with E-state index in [0.717, 1.165) is 24.0 Å². The molecule has 0 amide bonds. The van der Waals surface area contributed by atoms with Crippen LogP contribution in [0.1, 0.15) is 46.0 Å². The first-order valence-corrected chi connectivity index (χ1v) is 6.64. The van der Waals surface area contributed by atoms with Crippen LogP contribution in [0.25, 0.3) is 0 Å². The molecular weight excluding hydrogens is 210 g/mol. The van der Waals surface area contributed by atoms with Gasteiger partial charge >= 0.3 is 0 Å². The fourth-order valence-corrected chi connectivity index (χ4v) is 1.80. The second-order valence-corrected chi connectivity index (χ2v) is 4.96. The van der Waals surface area contributed by atoms with Crippen LogP contribution in [-0.4, -0.2) is 11.5 Å². The SMILES string of the molecule is CC(C)CCCCCCNc1ncccc1N. The first-order valence-electron chi connectivity index (χ1n) is 6.64. The molecule has 17 heavy (non-hydrogen) atoms. The van der Waals surface area contributed by atoms with Gasteiger partial charge in [-0.2, -0.15) is 0 Å². The Morgan fingerprint density at radius 1 is 1.24 bits per heavy atom. The van der Waals surface area contributed by atoms with Crippen LogP contribution in [0, 0.1) is 5.92 Å². The van der Waals surface area contributed by atoms with Gasteiger partial charge in [0.25, 0.3) is 0 Å². The van der Waals surface area contributed by atoms with Gasteiger partial charge in [0, 0.05) is 12.7 Å². The summed E-state index contributed by atoms with van der Waals surface area (Å²) in [6.45, 7) is 5.53. The predicted octanol–water partition coefficient (Wildman–Crippen LogP) is 3.68. The van der Waals surface area contributed by atoms with Crippen LogP contribution in [0.2, 0.25) is 0 Å². The maximum absolute atomic E-state index is 5.79. The van der Waals surface area contributed by atoms with Crippen LogP contribution in [0.3, 0.4) is 0 Å². The lowest BCUT2D eigenvalue weighted by Crippen LogP contribution is -2.05. The summed E-state index contributed by atoms with van der Waals surface area (Å²) in [5, 5.41) is 3.28. The molecule has 3 heteroatoms. The highest BCUT2D eigenvalue weighted by Gasteiger charge is 1.98. The van der Waals surface area contributed by atoms with Crippen molar-refractivity contribution in [2.45, 2.75) is 46.0 Å². The third-order valence-corrected chi connectivity index (χ3v) is 2.84. The molecule has 1 aromatic rings. The van der Waals surface area contributed by atoms with Crippen molar-refractivity contribution in [3.05, 3.63) is 18.3 Å². The number of nitrogens with zero attached hydrogens (tertiary/aromatic N) is 1. The lowest BCUT2D eigenvalue weighted by atomic mass is 10.0. The molecule has 0 aromatic carbocycles. The molecule has 0 saturated heterocycles. The molecule has 96 valence electrons. The monoisotopic (exact) mass is 235 g/mol. The smallest absolute Gasteiger partial charge is 0.149 e. The number of nitrogens with one attached hydrogen (secondary N) is 1. The van der Waals surface area contributed by atoms with E-state index in [1.54, 1.807) is 6.20 Å². The van der Waals surface area contributed by atoms with Crippen LogP contribution in [0.15, 0.2) is 18.3 Å². The Labute approximate surface area is 105 Å². The number of rotatable bonds is 8. The molecule has 1 heterocycles. The molecular formula is C14H25N3. The average molecular weight is 235 g/mol. The second-order valence-electron chi connectivity index (χ2n) is 4.96. The van der Waals surface area contributed by atoms with E-state index < -0.39 is 0 Å². The van der Waals surface area contributed by atoms with E-state index >= 15 is 0 Å². The van der Waals surface area contributed by atoms with Gasteiger partial charge in [0.1, 0.15) is 5.82 Å². The second kappa shape index (κ2) is 7.93. The van der Waals surface area contributed by atoms with E-state index in [1.165, 1.54) is 32.1 Å². The topological polar surface area (TPSA) is 50.9 Å². The van der Waals surface area contributed by atoms with E-state index in [-0.39, 0.29) is 0 Å². The van der Waals surface area contributed by atoms with Crippen molar-refractivity contribution in [2.24, 2.45) is 5.92 Å². The molecule has 1 rings (SSSR count). The van der Waals surface area contributed by atoms with Gasteiger partial charge in [-0.25, -0.2) is 4.98 Å². The van der Waals surface area contributed by atoms with Gasteiger partial charge in [-0.1, -0.05) is 39.5 Å². The Bertz CT molecular complexity index is 310. The van der Waals surface area contributed by atoms with Crippen molar-refractivity contribution < 1.29 is 0 Å². The molecule has 0 atom stereocenters. The quantitative estimate of drug-likeness (QED) is 0.676. The summed E-state index contributed by atoms with van der Waals surface area (Å²) in [7, 11) is 0. The fraction of sp³-hybridized carbons (Fsp3) is 0.643. The molecule has 3 N–H and O–H groups in total. The van der Waals surface area contributed by atoms with Gasteiger partial charge in [0.05, 0.1) is 5.69 Å². The van der Waals surface area contributed by atoms with Crippen molar-refractivity contribution in [1.29, 1.82) is 0 Å². The third-order valence-electron chi connectivity index (χ3n) is 2.84. The van der Waals surface area contributed by atoms with Gasteiger partial charge in [-0.15, -0.1) is 0 Å². The summed E-state index contributed by atoms with van der Waals surface area (Å²) in [6, 6.07) is 3.73. The zero-order chi connectivity index (χ0) is 12.5. The van der Waals surface area contributed by atoms with E-state index in [0.29, 0.717) is 0 Å². The van der Waals surface area contributed by atoms with Crippen LogP contribution in [0.5, 0.6) is 0 Å². The van der Waals surface area contributed by atoms with E-state index in [4.69, 9.17) is 5.73 Å². The maximum atomic E-state index is 5.79. The van der Waals surface area contributed by atoms with Crippen LogP contribution < -0.4 is 11.1 Å². The van der Waals surface area contributed by atoms with Gasteiger partial charge < -0.3 is 11.1 Å². The fourth-order valence-electron chi connectivity index (χ4n) is 1.80. The number of hydrogen-bond acceptors (Lipinski definition) is 3. The average Bonchev–Trinajstić information content (AvgIpc) is 2.30. The van der Waals surface area contributed by atoms with Crippen molar-refractivity contribution in [3.8, 4) is 0 Å². The molecule has 0 fully saturated rings. The first-order chi connectivity index (χ1) is 8.20. The standard InChI is InChI=1S/C14H25N3/c1-12(2)8-5-3-4-6-10-16-14-13(15)9-7-11-17-14/h7,9,11-12H,3-6,8,10,15H2,1-2H3,(H,16,17). The molecule has 0 aliphatic rings.